The number of amides is 1. The number of thiophene rings is 1. The monoisotopic (exact) mass is 514 g/mol. The molecule has 0 aliphatic carbocycles. The Labute approximate surface area is 214 Å². The number of nitriles is 1. The molecule has 0 fully saturated rings. The molecule has 0 aliphatic rings. The number of nitrogens with one attached hydrogen (secondary N) is 1. The predicted molar refractivity (Wildman–Crippen MR) is 143 cm³/mol. The summed E-state index contributed by atoms with van der Waals surface area (Å²) in [5, 5.41) is 16.0. The number of nitrogens with zero attached hydrogens (tertiary/aromatic N) is 3. The van der Waals surface area contributed by atoms with Gasteiger partial charge in [0.2, 0.25) is 5.91 Å². The van der Waals surface area contributed by atoms with Crippen LogP contribution in [0.15, 0.2) is 77.1 Å². The number of anilines is 1. The average Bonchev–Trinajstić information content (AvgIpc) is 3.57. The number of pyridine rings is 1. The van der Waals surface area contributed by atoms with E-state index in [2.05, 4.69) is 16.4 Å². The lowest BCUT2D eigenvalue weighted by Crippen LogP contribution is -2.14. The summed E-state index contributed by atoms with van der Waals surface area (Å²) < 4.78 is 6.28. The summed E-state index contributed by atoms with van der Waals surface area (Å²) in [6, 6.07) is 23.5. The van der Waals surface area contributed by atoms with Crippen LogP contribution < -0.4 is 10.1 Å². The molecule has 1 amide bonds. The Hall–Kier alpha value is -3.71. The fourth-order valence-electron chi connectivity index (χ4n) is 3.50. The summed E-state index contributed by atoms with van der Waals surface area (Å²) in [5.74, 6) is 0.640. The van der Waals surface area contributed by atoms with Crippen LogP contribution in [0, 0.1) is 11.3 Å². The molecule has 0 bridgehead atoms. The van der Waals surface area contributed by atoms with Crippen molar-refractivity contribution in [1.29, 1.82) is 5.26 Å². The van der Waals surface area contributed by atoms with Crippen LogP contribution in [-0.2, 0) is 4.79 Å². The SMILES string of the molecule is COc1ccc(-c2cc(-c3cccs3)nc(SCC(=O)Nc3nc4ccccc4s3)c2C#N)cc1. The summed E-state index contributed by atoms with van der Waals surface area (Å²) in [6.07, 6.45) is 0. The van der Waals surface area contributed by atoms with Crippen molar-refractivity contribution in [2.75, 3.05) is 18.2 Å². The lowest BCUT2D eigenvalue weighted by Gasteiger charge is -2.12. The first-order chi connectivity index (χ1) is 17.1. The molecule has 5 rings (SSSR count). The molecular formula is C26H18N4O2S3. The highest BCUT2D eigenvalue weighted by Crippen LogP contribution is 2.36. The lowest BCUT2D eigenvalue weighted by molar-refractivity contribution is -0.113. The summed E-state index contributed by atoms with van der Waals surface area (Å²) in [7, 11) is 1.62. The zero-order chi connectivity index (χ0) is 24.2. The summed E-state index contributed by atoms with van der Waals surface area (Å²) in [6.45, 7) is 0. The lowest BCUT2D eigenvalue weighted by atomic mass is 10.0. The van der Waals surface area contributed by atoms with Gasteiger partial charge in [-0.05, 0) is 47.3 Å². The third kappa shape index (κ3) is 5.05. The Morgan fingerprint density at radius 2 is 1.94 bits per heavy atom. The van der Waals surface area contributed by atoms with Gasteiger partial charge < -0.3 is 10.1 Å². The number of methoxy groups -OCH3 is 1. The Morgan fingerprint density at radius 3 is 2.66 bits per heavy atom. The maximum Gasteiger partial charge on any atom is 0.236 e. The van der Waals surface area contributed by atoms with Gasteiger partial charge in [-0.2, -0.15) is 5.26 Å². The van der Waals surface area contributed by atoms with Crippen molar-refractivity contribution in [3.8, 4) is 33.5 Å². The number of aromatic nitrogens is 2. The van der Waals surface area contributed by atoms with Crippen molar-refractivity contribution in [2.45, 2.75) is 5.03 Å². The van der Waals surface area contributed by atoms with Crippen LogP contribution in [0.1, 0.15) is 5.56 Å². The highest BCUT2D eigenvalue weighted by Gasteiger charge is 2.18. The summed E-state index contributed by atoms with van der Waals surface area (Å²) >= 11 is 4.25. The van der Waals surface area contributed by atoms with Crippen LogP contribution in [-0.4, -0.2) is 28.7 Å². The van der Waals surface area contributed by atoms with Gasteiger partial charge >= 0.3 is 0 Å². The molecular weight excluding hydrogens is 497 g/mol. The number of thioether (sulfide) groups is 1. The standard InChI is InChI=1S/C26H18N4O2S3/c1-32-17-10-8-16(9-11-17)18-13-21(22-7-4-12-33-22)28-25(19(18)14-27)34-15-24(31)30-26-29-20-5-2-3-6-23(20)35-26/h2-13H,15H2,1H3,(H,29,30,31). The van der Waals surface area contributed by atoms with E-state index < -0.39 is 0 Å². The second-order valence-corrected chi connectivity index (χ2v) is 10.3. The van der Waals surface area contributed by atoms with Crippen molar-refractivity contribution in [1.82, 2.24) is 9.97 Å². The average molecular weight is 515 g/mol. The van der Waals surface area contributed by atoms with Gasteiger partial charge in [-0.3, -0.25) is 4.79 Å². The first-order valence-corrected chi connectivity index (χ1v) is 13.2. The van der Waals surface area contributed by atoms with Crippen LogP contribution in [0.5, 0.6) is 5.75 Å². The van der Waals surface area contributed by atoms with Crippen molar-refractivity contribution >= 4 is 55.7 Å². The van der Waals surface area contributed by atoms with E-state index in [1.165, 1.54) is 23.1 Å². The number of para-hydroxylation sites is 1. The molecule has 9 heteroatoms. The number of rotatable bonds is 7. The van der Waals surface area contributed by atoms with E-state index in [1.54, 1.807) is 18.4 Å². The molecule has 0 saturated carbocycles. The molecule has 5 aromatic rings. The molecule has 35 heavy (non-hydrogen) atoms. The zero-order valence-corrected chi connectivity index (χ0v) is 21.0. The maximum absolute atomic E-state index is 12.7. The smallest absolute Gasteiger partial charge is 0.236 e. The molecule has 1 N–H and O–H groups in total. The molecule has 3 heterocycles. The number of ether oxygens (including phenoxy) is 1. The second-order valence-electron chi connectivity index (χ2n) is 7.38. The molecule has 0 spiro atoms. The molecule has 0 atom stereocenters. The maximum atomic E-state index is 12.7. The van der Waals surface area contributed by atoms with Crippen molar-refractivity contribution < 1.29 is 9.53 Å². The summed E-state index contributed by atoms with van der Waals surface area (Å²) in [4.78, 5) is 22.9. The molecule has 0 saturated heterocycles. The van der Waals surface area contributed by atoms with E-state index in [1.807, 2.05) is 72.1 Å². The summed E-state index contributed by atoms with van der Waals surface area (Å²) in [5.41, 5.74) is 3.69. The molecule has 3 aromatic heterocycles. The van der Waals surface area contributed by atoms with E-state index in [-0.39, 0.29) is 11.7 Å². The van der Waals surface area contributed by atoms with Gasteiger partial charge in [0, 0.05) is 5.56 Å². The molecule has 0 unspecified atom stereocenters. The quantitative estimate of drug-likeness (QED) is 0.243. The number of hydrogen-bond donors (Lipinski definition) is 1. The minimum atomic E-state index is -0.202. The Balaban J connectivity index is 1.44. The van der Waals surface area contributed by atoms with Crippen molar-refractivity contribution in [3.05, 3.63) is 77.7 Å². The first kappa shape index (κ1) is 23.1. The Kier molecular flexibility index (Phi) is 6.77. The third-order valence-corrected chi connectivity index (χ3v) is 7.97. The largest absolute Gasteiger partial charge is 0.497 e. The van der Waals surface area contributed by atoms with E-state index in [0.29, 0.717) is 15.7 Å². The predicted octanol–water partition coefficient (Wildman–Crippen LogP) is 6.70. The number of hydrogen-bond acceptors (Lipinski definition) is 8. The van der Waals surface area contributed by atoms with Gasteiger partial charge in [0.05, 0.1) is 39.2 Å². The molecule has 0 aliphatic heterocycles. The Morgan fingerprint density at radius 1 is 1.11 bits per heavy atom. The van der Waals surface area contributed by atoms with E-state index >= 15 is 0 Å². The molecule has 2 aromatic carbocycles. The third-order valence-electron chi connectivity index (χ3n) is 5.15. The number of carbonyl (C=O) groups is 1. The second kappa shape index (κ2) is 10.3. The number of benzene rings is 2. The van der Waals surface area contributed by atoms with Crippen LogP contribution in [0.4, 0.5) is 5.13 Å². The fourth-order valence-corrected chi connectivity index (χ4v) is 5.87. The van der Waals surface area contributed by atoms with Gasteiger partial charge in [0.1, 0.15) is 16.8 Å². The van der Waals surface area contributed by atoms with Gasteiger partial charge in [0.15, 0.2) is 5.13 Å². The minimum Gasteiger partial charge on any atom is -0.497 e. The minimum absolute atomic E-state index is 0.105. The zero-order valence-electron chi connectivity index (χ0n) is 18.5. The molecule has 6 nitrogen and oxygen atoms in total. The van der Waals surface area contributed by atoms with E-state index in [0.717, 1.165) is 37.7 Å². The first-order valence-electron chi connectivity index (χ1n) is 10.6. The fraction of sp³-hybridized carbons (Fsp3) is 0.0769. The number of thiazole rings is 1. The van der Waals surface area contributed by atoms with E-state index in [4.69, 9.17) is 9.72 Å². The van der Waals surface area contributed by atoms with Gasteiger partial charge in [-0.15, -0.1) is 11.3 Å². The topological polar surface area (TPSA) is 87.9 Å². The Bertz CT molecular complexity index is 1500. The van der Waals surface area contributed by atoms with Gasteiger partial charge in [-0.1, -0.05) is 53.4 Å². The molecule has 0 radical (unpaired) electrons. The van der Waals surface area contributed by atoms with Crippen LogP contribution in [0.2, 0.25) is 0 Å². The van der Waals surface area contributed by atoms with Gasteiger partial charge in [-0.25, -0.2) is 9.97 Å². The van der Waals surface area contributed by atoms with Crippen LogP contribution >= 0.6 is 34.4 Å². The normalized spacial score (nSPS) is 10.7. The highest BCUT2D eigenvalue weighted by molar-refractivity contribution is 8.00. The molecule has 172 valence electrons. The highest BCUT2D eigenvalue weighted by atomic mass is 32.2. The van der Waals surface area contributed by atoms with E-state index in [9.17, 15) is 10.1 Å². The van der Waals surface area contributed by atoms with Crippen molar-refractivity contribution in [3.63, 3.8) is 0 Å². The van der Waals surface area contributed by atoms with Crippen LogP contribution in [0.25, 0.3) is 31.9 Å². The number of carbonyl (C=O) groups excluding carboxylic acids is 1. The van der Waals surface area contributed by atoms with Crippen LogP contribution in [0.3, 0.4) is 0 Å². The van der Waals surface area contributed by atoms with Gasteiger partial charge in [0.25, 0.3) is 0 Å². The van der Waals surface area contributed by atoms with Crippen molar-refractivity contribution in [2.24, 2.45) is 0 Å². The number of fused-ring (bicyclic) bond motifs is 1.